The summed E-state index contributed by atoms with van der Waals surface area (Å²) in [5.41, 5.74) is 4.60. The highest BCUT2D eigenvalue weighted by atomic mass is 16.5. The molecule has 2 aromatic carbocycles. The molecule has 0 spiro atoms. The number of hydrogen-bond acceptors (Lipinski definition) is 4. The van der Waals surface area contributed by atoms with Gasteiger partial charge in [-0.15, -0.1) is 0 Å². The zero-order chi connectivity index (χ0) is 21.1. The Bertz CT molecular complexity index is 1050. The first-order chi connectivity index (χ1) is 14.5. The van der Waals surface area contributed by atoms with E-state index in [0.29, 0.717) is 23.7 Å². The largest absolute Gasteiger partial charge is 0.490 e. The number of benzene rings is 2. The highest BCUT2D eigenvalue weighted by Crippen LogP contribution is 2.27. The van der Waals surface area contributed by atoms with Gasteiger partial charge in [0.05, 0.1) is 18.9 Å². The van der Waals surface area contributed by atoms with Gasteiger partial charge in [-0.2, -0.15) is 0 Å². The van der Waals surface area contributed by atoms with Crippen LogP contribution in [-0.2, 0) is 11.8 Å². The van der Waals surface area contributed by atoms with Gasteiger partial charge >= 0.3 is 0 Å². The number of nitrogens with zero attached hydrogens (tertiary/aromatic N) is 2. The Kier molecular flexibility index (Phi) is 6.06. The van der Waals surface area contributed by atoms with Crippen molar-refractivity contribution in [3.05, 3.63) is 59.3 Å². The number of amides is 1. The second-order valence-electron chi connectivity index (χ2n) is 7.91. The third-order valence-corrected chi connectivity index (χ3v) is 5.58. The number of morpholine rings is 1. The lowest BCUT2D eigenvalue weighted by Gasteiger charge is -2.26. The first-order valence-corrected chi connectivity index (χ1v) is 10.4. The smallest absolute Gasteiger partial charge is 0.272 e. The van der Waals surface area contributed by atoms with Crippen LogP contribution in [0.1, 0.15) is 21.6 Å². The van der Waals surface area contributed by atoms with Gasteiger partial charge < -0.3 is 19.4 Å². The number of hydrogen-bond donors (Lipinski definition) is 1. The predicted octanol–water partition coefficient (Wildman–Crippen LogP) is 3.76. The third kappa shape index (κ3) is 4.50. The zero-order valence-corrected chi connectivity index (χ0v) is 17.9. The number of rotatable bonds is 6. The van der Waals surface area contributed by atoms with Gasteiger partial charge in [0.2, 0.25) is 0 Å². The first kappa shape index (κ1) is 20.4. The van der Waals surface area contributed by atoms with Crippen molar-refractivity contribution in [2.24, 2.45) is 7.05 Å². The Hall–Kier alpha value is -2.83. The van der Waals surface area contributed by atoms with Crippen molar-refractivity contribution in [1.82, 2.24) is 9.47 Å². The molecule has 0 unspecified atom stereocenters. The monoisotopic (exact) mass is 407 g/mol. The number of carbonyl (C=O) groups is 1. The summed E-state index contributed by atoms with van der Waals surface area (Å²) >= 11 is 0. The van der Waals surface area contributed by atoms with Gasteiger partial charge in [-0.1, -0.05) is 17.7 Å². The number of nitrogens with one attached hydrogen (secondary N) is 1. The van der Waals surface area contributed by atoms with Crippen molar-refractivity contribution in [3.8, 4) is 5.75 Å². The summed E-state index contributed by atoms with van der Waals surface area (Å²) in [6.45, 7) is 8.88. The SMILES string of the molecule is Cc1ccc(OCCN2CCOCC2)c(NC(=O)c2cc3cc(C)ccc3n2C)c1. The summed E-state index contributed by atoms with van der Waals surface area (Å²) < 4.78 is 13.4. The molecule has 1 fully saturated rings. The molecule has 0 aliphatic carbocycles. The van der Waals surface area contributed by atoms with Crippen LogP contribution in [0.4, 0.5) is 5.69 Å². The number of carbonyl (C=O) groups excluding carboxylic acids is 1. The van der Waals surface area contributed by atoms with Crippen LogP contribution in [0.25, 0.3) is 10.9 Å². The zero-order valence-electron chi connectivity index (χ0n) is 17.9. The average molecular weight is 408 g/mol. The number of ether oxygens (including phenoxy) is 2. The van der Waals surface area contributed by atoms with E-state index in [2.05, 4.69) is 29.3 Å². The average Bonchev–Trinajstić information content (AvgIpc) is 3.06. The minimum atomic E-state index is -0.144. The van der Waals surface area contributed by atoms with Crippen molar-refractivity contribution < 1.29 is 14.3 Å². The van der Waals surface area contributed by atoms with Crippen LogP contribution in [0.2, 0.25) is 0 Å². The normalized spacial score (nSPS) is 14.8. The maximum Gasteiger partial charge on any atom is 0.272 e. The van der Waals surface area contributed by atoms with Gasteiger partial charge in [0, 0.05) is 37.6 Å². The molecule has 0 saturated carbocycles. The van der Waals surface area contributed by atoms with E-state index in [1.54, 1.807) is 0 Å². The maximum atomic E-state index is 13.1. The van der Waals surface area contributed by atoms with Crippen molar-refractivity contribution in [2.45, 2.75) is 13.8 Å². The Morgan fingerprint density at radius 1 is 1.07 bits per heavy atom. The first-order valence-electron chi connectivity index (χ1n) is 10.4. The van der Waals surface area contributed by atoms with Crippen LogP contribution in [0.3, 0.4) is 0 Å². The molecule has 1 aliphatic heterocycles. The quantitative estimate of drug-likeness (QED) is 0.676. The molecular formula is C24H29N3O3. The van der Waals surface area contributed by atoms with Gasteiger partial charge in [-0.05, 0) is 49.7 Å². The fourth-order valence-electron chi connectivity index (χ4n) is 3.85. The summed E-state index contributed by atoms with van der Waals surface area (Å²) in [6, 6.07) is 14.0. The number of fused-ring (bicyclic) bond motifs is 1. The second-order valence-corrected chi connectivity index (χ2v) is 7.91. The minimum absolute atomic E-state index is 0.144. The van der Waals surface area contributed by atoms with Gasteiger partial charge in [0.15, 0.2) is 0 Å². The molecule has 1 saturated heterocycles. The van der Waals surface area contributed by atoms with E-state index in [4.69, 9.17) is 9.47 Å². The van der Waals surface area contributed by atoms with Gasteiger partial charge in [-0.25, -0.2) is 0 Å². The van der Waals surface area contributed by atoms with Crippen LogP contribution in [-0.4, -0.2) is 54.8 Å². The van der Waals surface area contributed by atoms with Crippen molar-refractivity contribution in [1.29, 1.82) is 0 Å². The Labute approximate surface area is 177 Å². The second kappa shape index (κ2) is 8.90. The van der Waals surface area contributed by atoms with E-state index in [0.717, 1.165) is 49.3 Å². The van der Waals surface area contributed by atoms with Crippen LogP contribution in [0.5, 0.6) is 5.75 Å². The van der Waals surface area contributed by atoms with E-state index in [1.807, 2.05) is 48.9 Å². The molecule has 0 bridgehead atoms. The molecule has 30 heavy (non-hydrogen) atoms. The molecule has 1 aromatic heterocycles. The van der Waals surface area contributed by atoms with Crippen LogP contribution >= 0.6 is 0 Å². The molecule has 6 nitrogen and oxygen atoms in total. The summed E-state index contributed by atoms with van der Waals surface area (Å²) in [4.78, 5) is 15.4. The van der Waals surface area contributed by atoms with Gasteiger partial charge in [0.25, 0.3) is 5.91 Å². The Balaban J connectivity index is 1.49. The molecule has 0 atom stereocenters. The Morgan fingerprint density at radius 2 is 1.80 bits per heavy atom. The summed E-state index contributed by atoms with van der Waals surface area (Å²) in [7, 11) is 1.92. The van der Waals surface area contributed by atoms with E-state index in [-0.39, 0.29) is 5.91 Å². The molecule has 1 aliphatic rings. The van der Waals surface area contributed by atoms with Gasteiger partial charge in [0.1, 0.15) is 18.1 Å². The summed E-state index contributed by atoms with van der Waals surface area (Å²) in [5, 5.41) is 4.12. The van der Waals surface area contributed by atoms with Gasteiger partial charge in [-0.3, -0.25) is 9.69 Å². The van der Waals surface area contributed by atoms with Crippen molar-refractivity contribution in [2.75, 3.05) is 44.8 Å². The van der Waals surface area contributed by atoms with E-state index < -0.39 is 0 Å². The van der Waals surface area contributed by atoms with E-state index in [1.165, 1.54) is 5.56 Å². The lowest BCUT2D eigenvalue weighted by molar-refractivity contribution is 0.0323. The van der Waals surface area contributed by atoms with Crippen LogP contribution in [0, 0.1) is 13.8 Å². The molecule has 2 heterocycles. The fourth-order valence-corrected chi connectivity index (χ4v) is 3.85. The minimum Gasteiger partial charge on any atom is -0.490 e. The molecule has 6 heteroatoms. The van der Waals surface area contributed by atoms with Crippen molar-refractivity contribution >= 4 is 22.5 Å². The van der Waals surface area contributed by atoms with Crippen LogP contribution in [0.15, 0.2) is 42.5 Å². The summed E-state index contributed by atoms with van der Waals surface area (Å²) in [5.74, 6) is 0.548. The third-order valence-electron chi connectivity index (χ3n) is 5.58. The van der Waals surface area contributed by atoms with Crippen LogP contribution < -0.4 is 10.1 Å². The standard InChI is InChI=1S/C24H29N3O3/c1-17-4-6-21-19(14-17)16-22(26(21)3)24(28)25-20-15-18(2)5-7-23(20)30-13-10-27-8-11-29-12-9-27/h4-7,14-16H,8-13H2,1-3H3,(H,25,28). The fraction of sp³-hybridized carbons (Fsp3) is 0.375. The van der Waals surface area contributed by atoms with E-state index in [9.17, 15) is 4.79 Å². The lowest BCUT2D eigenvalue weighted by atomic mass is 10.2. The molecule has 3 aromatic rings. The molecule has 1 N–H and O–H groups in total. The van der Waals surface area contributed by atoms with E-state index >= 15 is 0 Å². The number of aromatic nitrogens is 1. The molecule has 4 rings (SSSR count). The highest BCUT2D eigenvalue weighted by molar-refractivity contribution is 6.07. The maximum absolute atomic E-state index is 13.1. The number of aryl methyl sites for hydroxylation is 3. The highest BCUT2D eigenvalue weighted by Gasteiger charge is 2.16. The Morgan fingerprint density at radius 3 is 2.60 bits per heavy atom. The molecule has 158 valence electrons. The predicted molar refractivity (Wildman–Crippen MR) is 120 cm³/mol. The number of anilines is 1. The molecule has 0 radical (unpaired) electrons. The van der Waals surface area contributed by atoms with Crippen molar-refractivity contribution in [3.63, 3.8) is 0 Å². The lowest BCUT2D eigenvalue weighted by Crippen LogP contribution is -2.38. The summed E-state index contributed by atoms with van der Waals surface area (Å²) in [6.07, 6.45) is 0. The molecular weight excluding hydrogens is 378 g/mol. The molecule has 1 amide bonds. The topological polar surface area (TPSA) is 55.7 Å².